The third kappa shape index (κ3) is 36.1. The van der Waals surface area contributed by atoms with Gasteiger partial charge in [0, 0.05) is 6.42 Å². The molecular weight excluding hydrogens is 671 g/mol. The van der Waals surface area contributed by atoms with Crippen molar-refractivity contribution in [2.45, 2.75) is 142 Å². The van der Waals surface area contributed by atoms with Gasteiger partial charge in [0.05, 0.1) is 39.9 Å². The quantitative estimate of drug-likeness (QED) is 0.0294. The second kappa shape index (κ2) is 34.4. The van der Waals surface area contributed by atoms with Gasteiger partial charge in [-0.1, -0.05) is 137 Å². The molecular formula is C43H75N2O6P. The maximum Gasteiger partial charge on any atom is 0.268 e. The van der Waals surface area contributed by atoms with Crippen molar-refractivity contribution < 1.29 is 32.9 Å². The molecule has 0 radical (unpaired) electrons. The molecule has 0 aromatic rings. The smallest absolute Gasteiger partial charge is 0.268 e. The van der Waals surface area contributed by atoms with Crippen molar-refractivity contribution >= 4 is 13.7 Å². The summed E-state index contributed by atoms with van der Waals surface area (Å²) in [6, 6.07) is -0.812. The lowest BCUT2D eigenvalue weighted by Crippen LogP contribution is -2.46. The highest BCUT2D eigenvalue weighted by Crippen LogP contribution is 2.38. The fourth-order valence-electron chi connectivity index (χ4n) is 4.96. The van der Waals surface area contributed by atoms with Crippen molar-refractivity contribution in [3.8, 4) is 0 Å². The molecule has 298 valence electrons. The summed E-state index contributed by atoms with van der Waals surface area (Å²) >= 11 is 0. The fourth-order valence-corrected chi connectivity index (χ4v) is 5.68. The van der Waals surface area contributed by atoms with Gasteiger partial charge in [0.2, 0.25) is 5.91 Å². The molecule has 1 amide bonds. The van der Waals surface area contributed by atoms with Crippen LogP contribution < -0.4 is 10.2 Å². The van der Waals surface area contributed by atoms with Crippen LogP contribution in [0.25, 0.3) is 0 Å². The van der Waals surface area contributed by atoms with Crippen molar-refractivity contribution in [3.63, 3.8) is 0 Å². The topological polar surface area (TPSA) is 108 Å². The Morgan fingerprint density at radius 3 is 1.67 bits per heavy atom. The second-order valence-electron chi connectivity index (χ2n) is 14.3. The Bertz CT molecular complexity index is 1120. The predicted molar refractivity (Wildman–Crippen MR) is 219 cm³/mol. The number of carbonyl (C=O) groups excluding carboxylic acids is 1. The van der Waals surface area contributed by atoms with E-state index < -0.39 is 20.0 Å². The summed E-state index contributed by atoms with van der Waals surface area (Å²) in [5, 5.41) is 13.5. The highest BCUT2D eigenvalue weighted by Gasteiger charge is 2.24. The Morgan fingerprint density at radius 2 is 1.17 bits per heavy atom. The van der Waals surface area contributed by atoms with Crippen LogP contribution in [0.1, 0.15) is 129 Å². The molecule has 0 aliphatic carbocycles. The minimum atomic E-state index is -4.55. The second-order valence-corrected chi connectivity index (χ2v) is 15.7. The summed E-state index contributed by atoms with van der Waals surface area (Å²) in [4.78, 5) is 24.9. The predicted octanol–water partition coefficient (Wildman–Crippen LogP) is 9.99. The van der Waals surface area contributed by atoms with Crippen molar-refractivity contribution in [1.82, 2.24) is 5.32 Å². The van der Waals surface area contributed by atoms with Gasteiger partial charge in [0.15, 0.2) is 0 Å². The monoisotopic (exact) mass is 747 g/mol. The lowest BCUT2D eigenvalue weighted by atomic mass is 10.0. The van der Waals surface area contributed by atoms with E-state index in [1.165, 1.54) is 0 Å². The number of aliphatic hydroxyl groups is 1. The maximum atomic E-state index is 12.7. The number of unbranched alkanes of at least 4 members (excludes halogenated alkanes) is 7. The molecule has 3 atom stereocenters. The van der Waals surface area contributed by atoms with Gasteiger partial charge in [-0.05, 0) is 70.6 Å². The number of likely N-dealkylation sites (N-methyl/N-ethyl adjacent to an activating group) is 1. The SMILES string of the molecule is CC/C=C\C/C=C\C/C=C\C/C=C\C/C=C\C/C=C\C/C=C\CCCCCCCC(=O)NC(COP(=O)([O-])OCC[N+](C)(C)C)C(O)CCCCC. The van der Waals surface area contributed by atoms with Crippen LogP contribution in [0, 0.1) is 0 Å². The molecule has 0 aromatic heterocycles. The van der Waals surface area contributed by atoms with Gasteiger partial charge in [0.25, 0.3) is 7.82 Å². The van der Waals surface area contributed by atoms with Crippen molar-refractivity contribution in [1.29, 1.82) is 0 Å². The van der Waals surface area contributed by atoms with Crippen molar-refractivity contribution in [3.05, 3.63) is 85.1 Å². The molecule has 0 saturated carbocycles. The minimum Gasteiger partial charge on any atom is -0.756 e. The number of phosphoric ester groups is 1. The molecule has 0 fully saturated rings. The lowest BCUT2D eigenvalue weighted by molar-refractivity contribution is -0.870. The van der Waals surface area contributed by atoms with Gasteiger partial charge in [-0.3, -0.25) is 9.36 Å². The lowest BCUT2D eigenvalue weighted by Gasteiger charge is -2.30. The van der Waals surface area contributed by atoms with E-state index in [0.717, 1.165) is 103 Å². The first-order valence-corrected chi connectivity index (χ1v) is 21.4. The summed E-state index contributed by atoms with van der Waals surface area (Å²) in [6.07, 6.45) is 46.7. The van der Waals surface area contributed by atoms with Gasteiger partial charge >= 0.3 is 0 Å². The zero-order valence-electron chi connectivity index (χ0n) is 33.5. The number of nitrogens with zero attached hydrogens (tertiary/aromatic N) is 1. The Morgan fingerprint density at radius 1 is 0.692 bits per heavy atom. The summed E-state index contributed by atoms with van der Waals surface area (Å²) in [5.41, 5.74) is 0. The van der Waals surface area contributed by atoms with E-state index >= 15 is 0 Å². The number of hydrogen-bond donors (Lipinski definition) is 2. The molecule has 0 rings (SSSR count). The van der Waals surface area contributed by atoms with E-state index in [-0.39, 0.29) is 19.1 Å². The molecule has 0 aromatic carbocycles. The summed E-state index contributed by atoms with van der Waals surface area (Å²) in [7, 11) is 1.26. The van der Waals surface area contributed by atoms with Crippen LogP contribution in [0.4, 0.5) is 0 Å². The fraction of sp³-hybridized carbons (Fsp3) is 0.651. The minimum absolute atomic E-state index is 0.000960. The van der Waals surface area contributed by atoms with Crippen LogP contribution in [0.5, 0.6) is 0 Å². The number of nitrogens with one attached hydrogen (secondary N) is 1. The number of aliphatic hydroxyl groups excluding tert-OH is 1. The van der Waals surface area contributed by atoms with Crippen LogP contribution in [0.15, 0.2) is 85.1 Å². The Balaban J connectivity index is 4.08. The van der Waals surface area contributed by atoms with Crippen molar-refractivity contribution in [2.24, 2.45) is 0 Å². The third-order valence-electron chi connectivity index (χ3n) is 8.15. The molecule has 2 N–H and O–H groups in total. The highest BCUT2D eigenvalue weighted by molar-refractivity contribution is 7.45. The van der Waals surface area contributed by atoms with Gasteiger partial charge in [0.1, 0.15) is 13.2 Å². The van der Waals surface area contributed by atoms with Crippen LogP contribution in [0.2, 0.25) is 0 Å². The Hall–Kier alpha value is -2.32. The highest BCUT2D eigenvalue weighted by atomic mass is 31.2. The number of phosphoric acid groups is 1. The van der Waals surface area contributed by atoms with Crippen LogP contribution in [-0.2, 0) is 18.4 Å². The normalized spacial score (nSPS) is 15.4. The molecule has 8 nitrogen and oxygen atoms in total. The van der Waals surface area contributed by atoms with E-state index in [2.05, 4.69) is 104 Å². The first kappa shape index (κ1) is 49.7. The molecule has 3 unspecified atom stereocenters. The average Bonchev–Trinajstić information content (AvgIpc) is 3.09. The largest absolute Gasteiger partial charge is 0.756 e. The van der Waals surface area contributed by atoms with E-state index in [9.17, 15) is 19.4 Å². The third-order valence-corrected chi connectivity index (χ3v) is 9.11. The van der Waals surface area contributed by atoms with E-state index in [4.69, 9.17) is 9.05 Å². The van der Waals surface area contributed by atoms with Crippen molar-refractivity contribution in [2.75, 3.05) is 40.9 Å². The molecule has 0 saturated heterocycles. The van der Waals surface area contributed by atoms with Gasteiger partial charge < -0.3 is 28.8 Å². The molecule has 0 heterocycles. The van der Waals surface area contributed by atoms with Crippen LogP contribution in [-0.4, -0.2) is 68.5 Å². The number of rotatable bonds is 34. The zero-order valence-corrected chi connectivity index (χ0v) is 34.4. The average molecular weight is 747 g/mol. The number of allylic oxidation sites excluding steroid dienone is 14. The van der Waals surface area contributed by atoms with Gasteiger partial charge in [-0.15, -0.1) is 0 Å². The zero-order chi connectivity index (χ0) is 38.6. The van der Waals surface area contributed by atoms with Gasteiger partial charge in [-0.25, -0.2) is 0 Å². The molecule has 9 heteroatoms. The van der Waals surface area contributed by atoms with Crippen LogP contribution in [0.3, 0.4) is 0 Å². The standard InChI is InChI=1S/C43H75N2O6P/c1-6-8-10-11-12-13-14-15-16-17-18-19-20-21-22-23-24-25-26-27-28-29-30-31-32-33-35-37-43(47)44-41(42(46)36-34-9-7-2)40-51-52(48,49)50-39-38-45(3,4)5/h8,10,12-13,15-16,18-19,21-22,24-25,27-28,41-42,46H,6-7,9,11,14,17,20,23,26,29-40H2,1-5H3,(H-,44,47,48,49)/b10-8-,13-12-,16-15-,19-18-,22-21-,25-24-,28-27-. The van der Waals surface area contributed by atoms with E-state index in [1.54, 1.807) is 0 Å². The number of carbonyl (C=O) groups is 1. The first-order valence-electron chi connectivity index (χ1n) is 19.9. The molecule has 0 spiro atoms. The number of quaternary nitrogens is 1. The first-order chi connectivity index (χ1) is 25.0. The molecule has 52 heavy (non-hydrogen) atoms. The number of amides is 1. The maximum absolute atomic E-state index is 12.7. The molecule has 0 aliphatic rings. The molecule has 0 bridgehead atoms. The van der Waals surface area contributed by atoms with E-state index in [0.29, 0.717) is 23.9 Å². The summed E-state index contributed by atoms with van der Waals surface area (Å²) in [6.45, 7) is 4.37. The number of hydrogen-bond acceptors (Lipinski definition) is 6. The Kier molecular flexibility index (Phi) is 32.9. The van der Waals surface area contributed by atoms with Gasteiger partial charge in [-0.2, -0.15) is 0 Å². The van der Waals surface area contributed by atoms with Crippen LogP contribution >= 0.6 is 7.82 Å². The Labute approximate surface area is 318 Å². The summed E-state index contributed by atoms with van der Waals surface area (Å²) in [5.74, 6) is -0.202. The summed E-state index contributed by atoms with van der Waals surface area (Å²) < 4.78 is 22.9. The molecule has 0 aliphatic heterocycles. The van der Waals surface area contributed by atoms with E-state index in [1.807, 2.05) is 21.1 Å².